The molecular weight excluding hydrogens is 364 g/mol. The fourth-order valence-electron chi connectivity index (χ4n) is 4.64. The number of aromatic nitrogens is 3. The van der Waals surface area contributed by atoms with Gasteiger partial charge in [0, 0.05) is 11.6 Å². The molecule has 4 atom stereocenters. The summed E-state index contributed by atoms with van der Waals surface area (Å²) in [5.74, 6) is -0.577. The minimum absolute atomic E-state index is 0.179. The van der Waals surface area contributed by atoms with Crippen LogP contribution in [0.3, 0.4) is 0 Å². The number of nitrogens with one attached hydrogen (secondary N) is 1. The molecule has 2 saturated heterocycles. The molecule has 0 bridgehead atoms. The maximum atomic E-state index is 12.0. The molecule has 0 spiro atoms. The van der Waals surface area contributed by atoms with Gasteiger partial charge in [0.25, 0.3) is 0 Å². The zero-order valence-corrected chi connectivity index (χ0v) is 16.1. The number of amides is 1. The first-order valence-corrected chi connectivity index (χ1v) is 9.24. The van der Waals surface area contributed by atoms with Crippen LogP contribution in [0.4, 0.5) is 5.82 Å². The highest BCUT2D eigenvalue weighted by Gasteiger charge is 2.64. The van der Waals surface area contributed by atoms with Gasteiger partial charge in [-0.05, 0) is 39.3 Å². The second-order valence-corrected chi connectivity index (χ2v) is 8.13. The fourth-order valence-corrected chi connectivity index (χ4v) is 4.64. The third kappa shape index (κ3) is 2.30. The number of hydrogen-bond donors (Lipinski definition) is 2. The number of allylic oxidation sites excluding steroid dienone is 1. The predicted octanol–water partition coefficient (Wildman–Crippen LogP) is 1.43. The molecule has 1 amide bonds. The van der Waals surface area contributed by atoms with E-state index in [0.717, 1.165) is 16.8 Å². The Kier molecular flexibility index (Phi) is 3.55. The minimum atomic E-state index is -0.807. The Bertz CT molecular complexity index is 1030. The smallest absolute Gasteiger partial charge is 0.249 e. The Morgan fingerprint density at radius 1 is 1.36 bits per heavy atom. The highest BCUT2D eigenvalue weighted by atomic mass is 16.8. The van der Waals surface area contributed by atoms with Crippen LogP contribution in [-0.2, 0) is 19.0 Å². The van der Waals surface area contributed by atoms with E-state index in [1.165, 1.54) is 12.4 Å². The number of ether oxygens (including phenoxy) is 3. The summed E-state index contributed by atoms with van der Waals surface area (Å²) in [7, 11) is 0. The molecule has 0 unspecified atom stereocenters. The molecular formula is C19H22N4O5. The minimum Gasteiger partial charge on any atom is -0.394 e. The lowest BCUT2D eigenvalue weighted by atomic mass is 9.91. The van der Waals surface area contributed by atoms with Gasteiger partial charge in [-0.2, -0.15) is 5.10 Å². The maximum Gasteiger partial charge on any atom is 0.249 e. The van der Waals surface area contributed by atoms with Crippen molar-refractivity contribution in [3.8, 4) is 0 Å². The average molecular weight is 386 g/mol. The standard InChI is InChI=1S/C19H22N4O5/c1-9-5-13(25)22-17-14-10(9)6-11(23(14)21-8-20-17)15-19(4)16(12(7-24)26-15)27-18(2,3)28-19/h5-6,8,12,15-16,24H,7H2,1-4H3,(H,20,21,22,25)/t12-,15+,16-,19+/m1/s1. The molecule has 0 aliphatic carbocycles. The molecule has 5 heterocycles. The van der Waals surface area contributed by atoms with E-state index < -0.39 is 29.7 Å². The van der Waals surface area contributed by atoms with Gasteiger partial charge < -0.3 is 24.6 Å². The molecule has 9 heteroatoms. The van der Waals surface area contributed by atoms with Crippen molar-refractivity contribution in [3.63, 3.8) is 0 Å². The summed E-state index contributed by atoms with van der Waals surface area (Å²) in [6, 6.07) is 1.95. The SMILES string of the molecule is CC1=CC(=O)Nc2ncnn3c([C@@H]4O[C@H](CO)[C@H]5OC(C)(C)O[C@]54C)cc1c23. The highest BCUT2D eigenvalue weighted by Crippen LogP contribution is 2.53. The Morgan fingerprint density at radius 3 is 2.89 bits per heavy atom. The number of carbonyl (C=O) groups excluding carboxylic acids is 1. The number of aliphatic hydroxyl groups excluding tert-OH is 1. The third-order valence-electron chi connectivity index (χ3n) is 5.66. The average Bonchev–Trinajstić information content (AvgIpc) is 3.16. The van der Waals surface area contributed by atoms with Crippen LogP contribution in [0.15, 0.2) is 18.5 Å². The lowest BCUT2D eigenvalue weighted by molar-refractivity contribution is -0.207. The topological polar surface area (TPSA) is 107 Å². The van der Waals surface area contributed by atoms with Gasteiger partial charge in [-0.3, -0.25) is 4.79 Å². The molecule has 5 rings (SSSR count). The maximum absolute atomic E-state index is 12.0. The van der Waals surface area contributed by atoms with Crippen molar-refractivity contribution in [2.45, 2.75) is 57.4 Å². The van der Waals surface area contributed by atoms with Crippen LogP contribution in [0, 0.1) is 0 Å². The molecule has 148 valence electrons. The monoisotopic (exact) mass is 386 g/mol. The van der Waals surface area contributed by atoms with Gasteiger partial charge >= 0.3 is 0 Å². The summed E-state index contributed by atoms with van der Waals surface area (Å²) < 4.78 is 20.2. The normalized spacial score (nSPS) is 33.5. The molecule has 28 heavy (non-hydrogen) atoms. The van der Waals surface area contributed by atoms with Gasteiger partial charge in [-0.25, -0.2) is 9.50 Å². The summed E-state index contributed by atoms with van der Waals surface area (Å²) in [6.45, 7) is 7.33. The van der Waals surface area contributed by atoms with Crippen LogP contribution >= 0.6 is 0 Å². The van der Waals surface area contributed by atoms with E-state index in [2.05, 4.69) is 15.4 Å². The Balaban J connectivity index is 1.71. The van der Waals surface area contributed by atoms with Gasteiger partial charge in [0.1, 0.15) is 35.8 Å². The highest BCUT2D eigenvalue weighted by molar-refractivity contribution is 6.09. The van der Waals surface area contributed by atoms with E-state index in [1.54, 1.807) is 4.52 Å². The molecule has 3 aliphatic rings. The van der Waals surface area contributed by atoms with Crippen LogP contribution in [-0.4, -0.2) is 55.8 Å². The zero-order valence-electron chi connectivity index (χ0n) is 16.1. The second-order valence-electron chi connectivity index (χ2n) is 8.13. The van der Waals surface area contributed by atoms with E-state index in [9.17, 15) is 9.90 Å². The molecule has 0 aromatic carbocycles. The molecule has 3 aliphatic heterocycles. The van der Waals surface area contributed by atoms with Crippen molar-refractivity contribution in [1.29, 1.82) is 0 Å². The van der Waals surface area contributed by atoms with E-state index in [4.69, 9.17) is 14.2 Å². The van der Waals surface area contributed by atoms with Gasteiger partial charge in [0.05, 0.1) is 12.3 Å². The molecule has 2 aromatic heterocycles. The molecule has 0 saturated carbocycles. The first kappa shape index (κ1) is 17.7. The molecule has 2 N–H and O–H groups in total. The van der Waals surface area contributed by atoms with E-state index in [0.29, 0.717) is 11.3 Å². The molecule has 0 radical (unpaired) electrons. The van der Waals surface area contributed by atoms with Crippen molar-refractivity contribution in [1.82, 2.24) is 14.6 Å². The number of rotatable bonds is 2. The lowest BCUT2D eigenvalue weighted by Gasteiger charge is -2.29. The van der Waals surface area contributed by atoms with Crippen molar-refractivity contribution in [3.05, 3.63) is 29.7 Å². The van der Waals surface area contributed by atoms with Crippen molar-refractivity contribution in [2.75, 3.05) is 11.9 Å². The first-order valence-electron chi connectivity index (χ1n) is 9.24. The van der Waals surface area contributed by atoms with Crippen LogP contribution in [0.5, 0.6) is 0 Å². The summed E-state index contributed by atoms with van der Waals surface area (Å²) >= 11 is 0. The van der Waals surface area contributed by atoms with Crippen molar-refractivity contribution < 1.29 is 24.1 Å². The van der Waals surface area contributed by atoms with E-state index >= 15 is 0 Å². The van der Waals surface area contributed by atoms with Crippen molar-refractivity contribution >= 4 is 22.8 Å². The van der Waals surface area contributed by atoms with Gasteiger partial charge in [-0.1, -0.05) is 0 Å². The Morgan fingerprint density at radius 2 is 2.14 bits per heavy atom. The van der Waals surface area contributed by atoms with E-state index in [-0.39, 0.29) is 12.5 Å². The summed E-state index contributed by atoms with van der Waals surface area (Å²) in [5, 5.41) is 17.0. The Hall–Kier alpha value is -2.33. The van der Waals surface area contributed by atoms with Crippen LogP contribution < -0.4 is 5.32 Å². The van der Waals surface area contributed by atoms with Crippen LogP contribution in [0.25, 0.3) is 11.1 Å². The number of fused-ring (bicyclic) bond motifs is 1. The van der Waals surface area contributed by atoms with Crippen LogP contribution in [0.1, 0.15) is 45.1 Å². The third-order valence-corrected chi connectivity index (χ3v) is 5.66. The Labute approximate surface area is 161 Å². The zero-order chi connectivity index (χ0) is 19.8. The molecule has 2 aromatic rings. The van der Waals surface area contributed by atoms with Crippen LogP contribution in [0.2, 0.25) is 0 Å². The van der Waals surface area contributed by atoms with Crippen molar-refractivity contribution in [2.24, 2.45) is 0 Å². The number of hydrogen-bond acceptors (Lipinski definition) is 7. The van der Waals surface area contributed by atoms with E-state index in [1.807, 2.05) is 33.8 Å². The summed E-state index contributed by atoms with van der Waals surface area (Å²) in [5.41, 5.74) is 2.29. The van der Waals surface area contributed by atoms with Gasteiger partial charge in [0.2, 0.25) is 5.91 Å². The summed E-state index contributed by atoms with van der Waals surface area (Å²) in [6.07, 6.45) is 1.47. The fraction of sp³-hybridized carbons (Fsp3) is 0.526. The summed E-state index contributed by atoms with van der Waals surface area (Å²) in [4.78, 5) is 16.3. The molecule has 2 fully saturated rings. The quantitative estimate of drug-likeness (QED) is 0.804. The first-order chi connectivity index (χ1) is 13.2. The number of nitrogens with zero attached hydrogens (tertiary/aromatic N) is 3. The predicted molar refractivity (Wildman–Crippen MR) is 98.4 cm³/mol. The molecule has 9 nitrogen and oxygen atoms in total. The second kappa shape index (κ2) is 5.60. The van der Waals surface area contributed by atoms with Gasteiger partial charge in [0.15, 0.2) is 11.6 Å². The lowest BCUT2D eigenvalue weighted by Crippen LogP contribution is -2.40. The number of carbonyl (C=O) groups is 1. The number of anilines is 1. The van der Waals surface area contributed by atoms with Gasteiger partial charge in [-0.15, -0.1) is 0 Å². The largest absolute Gasteiger partial charge is 0.394 e. The number of aliphatic hydroxyl groups is 1.